The monoisotopic (exact) mass is 328 g/mol. The molecule has 2 aromatic carbocycles. The van der Waals surface area contributed by atoms with Gasteiger partial charge in [-0.15, -0.1) is 11.6 Å². The van der Waals surface area contributed by atoms with E-state index in [2.05, 4.69) is 0 Å². The van der Waals surface area contributed by atoms with E-state index in [-0.39, 0.29) is 0 Å². The molecule has 20 heavy (non-hydrogen) atoms. The third-order valence-corrected chi connectivity index (χ3v) is 4.11. The molecule has 2 aromatic rings. The molecule has 0 bridgehead atoms. The van der Waals surface area contributed by atoms with Crippen LogP contribution in [0.5, 0.6) is 5.75 Å². The lowest BCUT2D eigenvalue weighted by Crippen LogP contribution is -2.01. The lowest BCUT2D eigenvalue weighted by Gasteiger charge is -2.15. The quantitative estimate of drug-likeness (QED) is 0.632. The Hall–Kier alpha value is -0.890. The van der Waals surface area contributed by atoms with Crippen LogP contribution in [-0.2, 0) is 12.5 Å². The smallest absolute Gasteiger partial charge is 0.125 e. The highest BCUT2D eigenvalue weighted by Crippen LogP contribution is 2.29. The number of halogens is 3. The van der Waals surface area contributed by atoms with Crippen molar-refractivity contribution in [3.05, 3.63) is 62.6 Å². The van der Waals surface area contributed by atoms with Crippen LogP contribution >= 0.6 is 34.8 Å². The maximum Gasteiger partial charge on any atom is 0.125 e. The summed E-state index contributed by atoms with van der Waals surface area (Å²) in [4.78, 5) is 0. The Morgan fingerprint density at radius 3 is 2.05 bits per heavy atom. The summed E-state index contributed by atoms with van der Waals surface area (Å²) in [6.45, 7) is 4.36. The lowest BCUT2D eigenvalue weighted by molar-refractivity contribution is 0.302. The van der Waals surface area contributed by atoms with Crippen molar-refractivity contribution >= 4 is 34.8 Å². The molecule has 0 aliphatic rings. The molecular weight excluding hydrogens is 315 g/mol. The predicted octanol–water partition coefficient (Wildman–Crippen LogP) is 5.93. The number of rotatable bonds is 4. The van der Waals surface area contributed by atoms with E-state index in [1.165, 1.54) is 0 Å². The van der Waals surface area contributed by atoms with Gasteiger partial charge in [0.15, 0.2) is 0 Å². The topological polar surface area (TPSA) is 9.23 Å². The van der Waals surface area contributed by atoms with Crippen molar-refractivity contribution in [2.45, 2.75) is 26.3 Å². The van der Waals surface area contributed by atoms with Gasteiger partial charge in [-0.05, 0) is 42.7 Å². The molecule has 0 heterocycles. The summed E-state index contributed by atoms with van der Waals surface area (Å²) in [5, 5.41) is 1.23. The largest absolute Gasteiger partial charge is 0.488 e. The Morgan fingerprint density at radius 2 is 1.55 bits per heavy atom. The van der Waals surface area contributed by atoms with E-state index >= 15 is 0 Å². The maximum atomic E-state index is 6.14. The standard InChI is InChI=1S/C16H15Cl3O/c1-10-6-12(8-17)7-11(2)16(10)20-9-13-14(18)4-3-5-15(13)19/h3-7H,8-9H2,1-2H3. The summed E-state index contributed by atoms with van der Waals surface area (Å²) < 4.78 is 5.90. The minimum absolute atomic E-state index is 0.348. The summed E-state index contributed by atoms with van der Waals surface area (Å²) in [5.74, 6) is 1.35. The molecule has 0 spiro atoms. The van der Waals surface area contributed by atoms with Gasteiger partial charge < -0.3 is 4.74 Å². The van der Waals surface area contributed by atoms with Crippen molar-refractivity contribution < 1.29 is 4.74 Å². The van der Waals surface area contributed by atoms with E-state index in [1.807, 2.05) is 44.2 Å². The highest BCUT2D eigenvalue weighted by Gasteiger charge is 2.10. The van der Waals surface area contributed by atoms with Gasteiger partial charge in [0.05, 0.1) is 0 Å². The first-order valence-electron chi connectivity index (χ1n) is 6.24. The Kier molecular flexibility index (Phi) is 5.20. The second-order valence-electron chi connectivity index (χ2n) is 4.68. The van der Waals surface area contributed by atoms with E-state index in [0.717, 1.165) is 28.0 Å². The van der Waals surface area contributed by atoms with Crippen LogP contribution in [0.15, 0.2) is 30.3 Å². The SMILES string of the molecule is Cc1cc(CCl)cc(C)c1OCc1c(Cl)cccc1Cl. The predicted molar refractivity (Wildman–Crippen MR) is 86.3 cm³/mol. The van der Waals surface area contributed by atoms with Crippen LogP contribution in [0.4, 0.5) is 0 Å². The van der Waals surface area contributed by atoms with Crippen molar-refractivity contribution in [3.63, 3.8) is 0 Å². The van der Waals surface area contributed by atoms with Crippen LogP contribution in [0.2, 0.25) is 10.0 Å². The number of hydrogen-bond acceptors (Lipinski definition) is 1. The van der Waals surface area contributed by atoms with Gasteiger partial charge in [-0.3, -0.25) is 0 Å². The molecule has 4 heteroatoms. The molecule has 106 valence electrons. The van der Waals surface area contributed by atoms with Gasteiger partial charge in [0, 0.05) is 21.5 Å². The van der Waals surface area contributed by atoms with Gasteiger partial charge >= 0.3 is 0 Å². The molecular formula is C16H15Cl3O. The second-order valence-corrected chi connectivity index (χ2v) is 5.76. The van der Waals surface area contributed by atoms with E-state index in [0.29, 0.717) is 22.5 Å². The van der Waals surface area contributed by atoms with Crippen molar-refractivity contribution in [1.82, 2.24) is 0 Å². The zero-order valence-corrected chi connectivity index (χ0v) is 13.6. The van der Waals surface area contributed by atoms with Crippen LogP contribution in [0.3, 0.4) is 0 Å². The normalized spacial score (nSPS) is 10.7. The van der Waals surface area contributed by atoms with Crippen molar-refractivity contribution in [3.8, 4) is 5.75 Å². The van der Waals surface area contributed by atoms with Crippen LogP contribution < -0.4 is 4.74 Å². The summed E-state index contributed by atoms with van der Waals surface area (Å²) in [6.07, 6.45) is 0. The fourth-order valence-corrected chi connectivity index (χ4v) is 2.82. The fraction of sp³-hybridized carbons (Fsp3) is 0.250. The molecule has 0 saturated carbocycles. The Balaban J connectivity index is 2.23. The lowest BCUT2D eigenvalue weighted by atomic mass is 10.1. The molecule has 0 unspecified atom stereocenters. The van der Waals surface area contributed by atoms with E-state index in [4.69, 9.17) is 39.5 Å². The molecule has 0 aromatic heterocycles. The second kappa shape index (κ2) is 6.71. The molecule has 0 amide bonds. The number of aryl methyl sites for hydroxylation is 2. The molecule has 0 N–H and O–H groups in total. The summed E-state index contributed by atoms with van der Waals surface area (Å²) >= 11 is 18.1. The average Bonchev–Trinajstić information content (AvgIpc) is 2.40. The molecule has 0 aliphatic heterocycles. The summed E-state index contributed by atoms with van der Waals surface area (Å²) in [5.41, 5.74) is 4.01. The number of hydrogen-bond donors (Lipinski definition) is 0. The van der Waals surface area contributed by atoms with Gasteiger partial charge in [0.1, 0.15) is 12.4 Å². The highest BCUT2D eigenvalue weighted by molar-refractivity contribution is 6.35. The third kappa shape index (κ3) is 3.41. The zero-order valence-electron chi connectivity index (χ0n) is 11.3. The minimum atomic E-state index is 0.348. The Morgan fingerprint density at radius 1 is 1.00 bits per heavy atom. The Labute approximate surface area is 134 Å². The third-order valence-electron chi connectivity index (χ3n) is 3.10. The van der Waals surface area contributed by atoms with Gasteiger partial charge in [0.25, 0.3) is 0 Å². The summed E-state index contributed by atoms with van der Waals surface area (Å²) in [6, 6.07) is 9.50. The highest BCUT2D eigenvalue weighted by atomic mass is 35.5. The van der Waals surface area contributed by atoms with Crippen LogP contribution in [0.25, 0.3) is 0 Å². The van der Waals surface area contributed by atoms with E-state index in [1.54, 1.807) is 0 Å². The zero-order chi connectivity index (χ0) is 14.7. The molecule has 0 atom stereocenters. The minimum Gasteiger partial charge on any atom is -0.488 e. The van der Waals surface area contributed by atoms with E-state index in [9.17, 15) is 0 Å². The first kappa shape index (κ1) is 15.5. The van der Waals surface area contributed by atoms with Gasteiger partial charge in [0.2, 0.25) is 0 Å². The van der Waals surface area contributed by atoms with Gasteiger partial charge in [-0.1, -0.05) is 41.4 Å². The Bertz CT molecular complexity index is 580. The fourth-order valence-electron chi connectivity index (χ4n) is 2.16. The molecule has 0 saturated heterocycles. The number of alkyl halides is 1. The first-order valence-corrected chi connectivity index (χ1v) is 7.53. The molecule has 1 nitrogen and oxygen atoms in total. The molecule has 0 aliphatic carbocycles. The van der Waals surface area contributed by atoms with Crippen molar-refractivity contribution in [2.75, 3.05) is 0 Å². The van der Waals surface area contributed by atoms with Gasteiger partial charge in [-0.2, -0.15) is 0 Å². The summed E-state index contributed by atoms with van der Waals surface area (Å²) in [7, 11) is 0. The maximum absolute atomic E-state index is 6.14. The van der Waals surface area contributed by atoms with Crippen LogP contribution in [-0.4, -0.2) is 0 Å². The van der Waals surface area contributed by atoms with Crippen LogP contribution in [0.1, 0.15) is 22.3 Å². The number of ether oxygens (including phenoxy) is 1. The van der Waals surface area contributed by atoms with Gasteiger partial charge in [-0.25, -0.2) is 0 Å². The molecule has 2 rings (SSSR count). The molecule has 0 radical (unpaired) electrons. The van der Waals surface area contributed by atoms with E-state index < -0.39 is 0 Å². The van der Waals surface area contributed by atoms with Crippen molar-refractivity contribution in [2.24, 2.45) is 0 Å². The average molecular weight is 330 g/mol. The van der Waals surface area contributed by atoms with Crippen molar-refractivity contribution in [1.29, 1.82) is 0 Å². The first-order chi connectivity index (χ1) is 9.52. The van der Waals surface area contributed by atoms with Crippen LogP contribution in [0, 0.1) is 13.8 Å². The number of benzene rings is 2. The molecule has 0 fully saturated rings.